The highest BCUT2D eigenvalue weighted by Crippen LogP contribution is 2.23. The summed E-state index contributed by atoms with van der Waals surface area (Å²) in [7, 11) is 1.66. The monoisotopic (exact) mass is 311 g/mol. The summed E-state index contributed by atoms with van der Waals surface area (Å²) in [5, 5.41) is 3.62. The average molecular weight is 311 g/mol. The molecule has 0 saturated heterocycles. The smallest absolute Gasteiger partial charge is 0.140 e. The molecule has 0 saturated carbocycles. The Morgan fingerprint density at radius 3 is 2.87 bits per heavy atom. The summed E-state index contributed by atoms with van der Waals surface area (Å²) in [5.74, 6) is 1.05. The zero-order valence-corrected chi connectivity index (χ0v) is 13.1. The largest absolute Gasteiger partial charge is 0.496 e. The van der Waals surface area contributed by atoms with Gasteiger partial charge >= 0.3 is 0 Å². The second-order valence-corrected chi connectivity index (χ2v) is 5.35. The van der Waals surface area contributed by atoms with Crippen molar-refractivity contribution in [1.82, 2.24) is 9.97 Å². The van der Waals surface area contributed by atoms with E-state index in [4.69, 9.17) is 4.74 Å². The Bertz CT molecular complexity index is 830. The highest BCUT2D eigenvalue weighted by Gasteiger charge is 2.09. The van der Waals surface area contributed by atoms with Crippen molar-refractivity contribution in [2.45, 2.75) is 13.3 Å². The van der Waals surface area contributed by atoms with Crippen LogP contribution in [0.15, 0.2) is 42.7 Å². The number of hydrogen-bond donors (Lipinski definition) is 1. The molecule has 1 aromatic heterocycles. The van der Waals surface area contributed by atoms with Crippen molar-refractivity contribution in [3.63, 3.8) is 0 Å². The zero-order valence-electron chi connectivity index (χ0n) is 13.1. The molecule has 118 valence electrons. The topological polar surface area (TPSA) is 47.0 Å². The van der Waals surface area contributed by atoms with Crippen LogP contribution in [0, 0.1) is 12.7 Å². The standard InChI is InChI=1S/C18H18FN3O/c1-12-6-7-16(23-2)13(10-12)8-9-20-18-17-14(19)4-3-5-15(17)21-11-22-18/h3-7,10-11H,8-9H2,1-2H3,(H,20,21,22). The number of rotatable bonds is 5. The first-order chi connectivity index (χ1) is 11.2. The first-order valence-corrected chi connectivity index (χ1v) is 7.45. The van der Waals surface area contributed by atoms with Gasteiger partial charge in [-0.3, -0.25) is 0 Å². The number of ether oxygens (including phenoxy) is 1. The molecule has 0 aliphatic heterocycles. The van der Waals surface area contributed by atoms with Gasteiger partial charge in [0.2, 0.25) is 0 Å². The van der Waals surface area contributed by atoms with Crippen molar-refractivity contribution >= 4 is 16.7 Å². The molecule has 0 fully saturated rings. The summed E-state index contributed by atoms with van der Waals surface area (Å²) in [6, 6.07) is 10.9. The third kappa shape index (κ3) is 3.23. The molecule has 0 radical (unpaired) electrons. The van der Waals surface area contributed by atoms with Crippen LogP contribution in [0.1, 0.15) is 11.1 Å². The van der Waals surface area contributed by atoms with E-state index in [1.54, 1.807) is 19.2 Å². The SMILES string of the molecule is COc1ccc(C)cc1CCNc1ncnc2cccc(F)c12. The van der Waals surface area contributed by atoms with Crippen molar-refractivity contribution in [2.75, 3.05) is 19.0 Å². The molecule has 4 nitrogen and oxygen atoms in total. The van der Waals surface area contributed by atoms with Gasteiger partial charge in [-0.15, -0.1) is 0 Å². The van der Waals surface area contributed by atoms with Gasteiger partial charge in [0, 0.05) is 6.54 Å². The van der Waals surface area contributed by atoms with Crippen LogP contribution in [0.2, 0.25) is 0 Å². The van der Waals surface area contributed by atoms with E-state index in [9.17, 15) is 4.39 Å². The van der Waals surface area contributed by atoms with Gasteiger partial charge in [-0.2, -0.15) is 0 Å². The highest BCUT2D eigenvalue weighted by atomic mass is 19.1. The second-order valence-electron chi connectivity index (χ2n) is 5.35. The number of nitrogens with one attached hydrogen (secondary N) is 1. The van der Waals surface area contributed by atoms with Crippen LogP contribution in [0.25, 0.3) is 10.9 Å². The number of nitrogens with zero attached hydrogens (tertiary/aromatic N) is 2. The Balaban J connectivity index is 1.79. The second kappa shape index (κ2) is 6.60. The molecule has 1 N–H and O–H groups in total. The number of benzene rings is 2. The van der Waals surface area contributed by atoms with Gasteiger partial charge in [-0.1, -0.05) is 23.8 Å². The van der Waals surface area contributed by atoms with Crippen LogP contribution in [-0.2, 0) is 6.42 Å². The maximum atomic E-state index is 14.0. The van der Waals surface area contributed by atoms with Gasteiger partial charge in [0.15, 0.2) is 0 Å². The van der Waals surface area contributed by atoms with Gasteiger partial charge < -0.3 is 10.1 Å². The minimum absolute atomic E-state index is 0.321. The van der Waals surface area contributed by atoms with Crippen LogP contribution in [-0.4, -0.2) is 23.6 Å². The lowest BCUT2D eigenvalue weighted by Gasteiger charge is -2.11. The van der Waals surface area contributed by atoms with Crippen molar-refractivity contribution < 1.29 is 9.13 Å². The number of methoxy groups -OCH3 is 1. The van der Waals surface area contributed by atoms with E-state index in [0.717, 1.165) is 17.7 Å². The molecule has 1 heterocycles. The molecule has 5 heteroatoms. The third-order valence-corrected chi connectivity index (χ3v) is 3.73. The molecule has 3 aromatic rings. The number of anilines is 1. The Morgan fingerprint density at radius 2 is 2.04 bits per heavy atom. The maximum Gasteiger partial charge on any atom is 0.140 e. The summed E-state index contributed by atoms with van der Waals surface area (Å²) in [4.78, 5) is 8.26. The van der Waals surface area contributed by atoms with Crippen molar-refractivity contribution in [2.24, 2.45) is 0 Å². The van der Waals surface area contributed by atoms with Gasteiger partial charge in [0.25, 0.3) is 0 Å². The van der Waals surface area contributed by atoms with E-state index in [1.165, 1.54) is 18.0 Å². The van der Waals surface area contributed by atoms with Crippen LogP contribution in [0.5, 0.6) is 5.75 Å². The molecule has 0 spiro atoms. The first kappa shape index (κ1) is 15.2. The number of hydrogen-bond acceptors (Lipinski definition) is 4. The molecule has 0 bridgehead atoms. The molecule has 2 aromatic carbocycles. The quantitative estimate of drug-likeness (QED) is 0.780. The summed E-state index contributed by atoms with van der Waals surface area (Å²) in [6.45, 7) is 2.67. The van der Waals surface area contributed by atoms with Crippen molar-refractivity contribution in [3.05, 3.63) is 59.7 Å². The molecule has 0 aliphatic rings. The van der Waals surface area contributed by atoms with E-state index in [1.807, 2.05) is 19.1 Å². The lowest BCUT2D eigenvalue weighted by molar-refractivity contribution is 0.410. The molecular weight excluding hydrogens is 293 g/mol. The summed E-state index contributed by atoms with van der Waals surface area (Å²) >= 11 is 0. The molecule has 0 aliphatic carbocycles. The van der Waals surface area contributed by atoms with E-state index >= 15 is 0 Å². The third-order valence-electron chi connectivity index (χ3n) is 3.73. The molecule has 23 heavy (non-hydrogen) atoms. The Morgan fingerprint density at radius 1 is 1.17 bits per heavy atom. The predicted octanol–water partition coefficient (Wildman–Crippen LogP) is 3.74. The minimum atomic E-state index is -0.321. The van der Waals surface area contributed by atoms with Crippen molar-refractivity contribution in [1.29, 1.82) is 0 Å². The van der Waals surface area contributed by atoms with E-state index in [2.05, 4.69) is 21.4 Å². The lowest BCUT2D eigenvalue weighted by atomic mass is 10.1. The maximum absolute atomic E-state index is 14.0. The van der Waals surface area contributed by atoms with E-state index in [0.29, 0.717) is 23.3 Å². The lowest BCUT2D eigenvalue weighted by Crippen LogP contribution is -2.08. The van der Waals surface area contributed by atoms with Crippen LogP contribution in [0.4, 0.5) is 10.2 Å². The van der Waals surface area contributed by atoms with Gasteiger partial charge in [-0.25, -0.2) is 14.4 Å². The summed E-state index contributed by atoms with van der Waals surface area (Å²) in [6.07, 6.45) is 2.20. The number of aryl methyl sites for hydroxylation is 1. The van der Waals surface area contributed by atoms with Gasteiger partial charge in [0.1, 0.15) is 23.7 Å². The zero-order chi connectivity index (χ0) is 16.2. The predicted molar refractivity (Wildman–Crippen MR) is 89.4 cm³/mol. The summed E-state index contributed by atoms with van der Waals surface area (Å²) < 4.78 is 19.4. The fraction of sp³-hybridized carbons (Fsp3) is 0.222. The molecule has 0 amide bonds. The Kier molecular flexibility index (Phi) is 4.37. The molecule has 3 rings (SSSR count). The fourth-order valence-corrected chi connectivity index (χ4v) is 2.62. The van der Waals surface area contributed by atoms with Crippen LogP contribution in [0.3, 0.4) is 0 Å². The van der Waals surface area contributed by atoms with E-state index in [-0.39, 0.29) is 5.82 Å². The van der Waals surface area contributed by atoms with Crippen molar-refractivity contribution in [3.8, 4) is 5.75 Å². The number of halogens is 1. The average Bonchev–Trinajstić information content (AvgIpc) is 2.55. The number of aromatic nitrogens is 2. The fourth-order valence-electron chi connectivity index (χ4n) is 2.62. The normalized spacial score (nSPS) is 10.7. The Labute approximate surface area is 134 Å². The summed E-state index contributed by atoms with van der Waals surface area (Å²) in [5.41, 5.74) is 2.88. The van der Waals surface area contributed by atoms with Crippen LogP contribution < -0.4 is 10.1 Å². The highest BCUT2D eigenvalue weighted by molar-refractivity contribution is 5.89. The molecule has 0 atom stereocenters. The first-order valence-electron chi connectivity index (χ1n) is 7.45. The molecule has 0 unspecified atom stereocenters. The number of fused-ring (bicyclic) bond motifs is 1. The van der Waals surface area contributed by atoms with Gasteiger partial charge in [0.05, 0.1) is 18.0 Å². The van der Waals surface area contributed by atoms with Crippen LogP contribution >= 0.6 is 0 Å². The van der Waals surface area contributed by atoms with Gasteiger partial charge in [-0.05, 0) is 37.1 Å². The Hall–Kier alpha value is -2.69. The van der Waals surface area contributed by atoms with E-state index < -0.39 is 0 Å². The molecular formula is C18H18FN3O. The minimum Gasteiger partial charge on any atom is -0.496 e.